The molecule has 4 heterocycles. The summed E-state index contributed by atoms with van der Waals surface area (Å²) in [6.45, 7) is 1.88. The van der Waals surface area contributed by atoms with Crippen molar-refractivity contribution >= 4 is 33.4 Å². The van der Waals surface area contributed by atoms with Crippen LogP contribution < -0.4 is 10.4 Å². The van der Waals surface area contributed by atoms with Crippen molar-refractivity contribution in [2.24, 2.45) is 0 Å². The Morgan fingerprint density at radius 1 is 1.21 bits per heavy atom. The molecule has 0 fully saturated rings. The zero-order valence-corrected chi connectivity index (χ0v) is 16.1. The maximum Gasteiger partial charge on any atom is 0.348 e. The number of halogens is 1. The van der Waals surface area contributed by atoms with E-state index >= 15 is 0 Å². The molecule has 0 unspecified atom stereocenters. The molecule has 0 atom stereocenters. The molecule has 29 heavy (non-hydrogen) atoms. The summed E-state index contributed by atoms with van der Waals surface area (Å²) in [5.74, 6) is 1.23. The van der Waals surface area contributed by atoms with Gasteiger partial charge in [-0.2, -0.15) is 9.78 Å². The molecule has 4 aromatic heterocycles. The van der Waals surface area contributed by atoms with Gasteiger partial charge in [0.25, 0.3) is 0 Å². The summed E-state index contributed by atoms with van der Waals surface area (Å²) >= 11 is 6.34. The third-order valence-corrected chi connectivity index (χ3v) is 4.89. The minimum absolute atomic E-state index is 0.332. The van der Waals surface area contributed by atoms with Gasteiger partial charge in [0, 0.05) is 17.6 Å². The molecule has 0 N–H and O–H groups in total. The second-order valence-electron chi connectivity index (χ2n) is 6.32. The number of aryl methyl sites for hydroxylation is 1. The Morgan fingerprint density at radius 3 is 2.86 bits per heavy atom. The number of fused-ring (bicyclic) bond motifs is 3. The lowest BCUT2D eigenvalue weighted by Crippen LogP contribution is -2.10. The zero-order chi connectivity index (χ0) is 20.1. The predicted molar refractivity (Wildman–Crippen MR) is 106 cm³/mol. The third kappa shape index (κ3) is 2.59. The zero-order valence-electron chi connectivity index (χ0n) is 15.3. The van der Waals surface area contributed by atoms with Crippen molar-refractivity contribution in [2.75, 3.05) is 7.11 Å². The standard InChI is InChI=1S/C19H13ClN6O3/c1-10-6-11-8-23-25(17(11)15-16(10)22-9-29-19(15)27)14-7-13(28-2)24-26(14)18-12(20)4-3-5-21-18/h3-9H,1-2H3. The summed E-state index contributed by atoms with van der Waals surface area (Å²) in [6, 6.07) is 7.03. The van der Waals surface area contributed by atoms with Crippen molar-refractivity contribution in [2.45, 2.75) is 6.92 Å². The molecule has 0 aliphatic heterocycles. The number of benzene rings is 1. The van der Waals surface area contributed by atoms with Gasteiger partial charge in [-0.15, -0.1) is 5.10 Å². The monoisotopic (exact) mass is 408 g/mol. The largest absolute Gasteiger partial charge is 0.480 e. The van der Waals surface area contributed by atoms with Gasteiger partial charge in [-0.25, -0.2) is 19.4 Å². The highest BCUT2D eigenvalue weighted by molar-refractivity contribution is 6.32. The van der Waals surface area contributed by atoms with E-state index in [4.69, 9.17) is 20.8 Å². The first-order valence-corrected chi connectivity index (χ1v) is 8.96. The fourth-order valence-electron chi connectivity index (χ4n) is 3.34. The average molecular weight is 409 g/mol. The number of pyridine rings is 1. The molecule has 1 aromatic carbocycles. The predicted octanol–water partition coefficient (Wildman–Crippen LogP) is 3.08. The Bertz CT molecular complexity index is 1450. The number of nitrogens with zero attached hydrogens (tertiary/aromatic N) is 6. The van der Waals surface area contributed by atoms with Crippen LogP contribution in [0.2, 0.25) is 5.02 Å². The summed E-state index contributed by atoms with van der Waals surface area (Å²) in [4.78, 5) is 21.1. The minimum atomic E-state index is -0.501. The number of hydrogen-bond acceptors (Lipinski definition) is 7. The second-order valence-corrected chi connectivity index (χ2v) is 6.72. The highest BCUT2D eigenvalue weighted by Gasteiger charge is 2.21. The fraction of sp³-hybridized carbons (Fsp3) is 0.105. The van der Waals surface area contributed by atoms with Gasteiger partial charge in [0.05, 0.1) is 29.4 Å². The summed E-state index contributed by atoms with van der Waals surface area (Å²) in [5.41, 5.74) is 1.44. The summed E-state index contributed by atoms with van der Waals surface area (Å²) < 4.78 is 13.4. The van der Waals surface area contributed by atoms with Gasteiger partial charge in [-0.3, -0.25) is 0 Å². The Hall–Kier alpha value is -3.72. The van der Waals surface area contributed by atoms with Crippen LogP contribution in [0.1, 0.15) is 5.56 Å². The van der Waals surface area contributed by atoms with Crippen molar-refractivity contribution in [1.82, 2.24) is 29.5 Å². The highest BCUT2D eigenvalue weighted by atomic mass is 35.5. The van der Waals surface area contributed by atoms with E-state index < -0.39 is 5.63 Å². The van der Waals surface area contributed by atoms with E-state index in [0.717, 1.165) is 17.3 Å². The number of ether oxygens (including phenoxy) is 1. The Labute approximate surface area is 168 Å². The van der Waals surface area contributed by atoms with Crippen LogP contribution in [0.4, 0.5) is 0 Å². The lowest BCUT2D eigenvalue weighted by molar-refractivity contribution is 0.394. The number of hydrogen-bond donors (Lipinski definition) is 0. The molecule has 0 aliphatic rings. The molecule has 0 aliphatic carbocycles. The second kappa shape index (κ2) is 6.42. The molecule has 5 aromatic rings. The van der Waals surface area contributed by atoms with Gasteiger partial charge < -0.3 is 9.15 Å². The molecular weight excluding hydrogens is 396 g/mol. The van der Waals surface area contributed by atoms with Gasteiger partial charge in [0.2, 0.25) is 5.88 Å². The van der Waals surface area contributed by atoms with E-state index in [-0.39, 0.29) is 0 Å². The van der Waals surface area contributed by atoms with Crippen molar-refractivity contribution < 1.29 is 9.15 Å². The first-order valence-electron chi connectivity index (χ1n) is 8.58. The first kappa shape index (κ1) is 17.4. The lowest BCUT2D eigenvalue weighted by atomic mass is 10.1. The van der Waals surface area contributed by atoms with Crippen molar-refractivity contribution in [3.63, 3.8) is 0 Å². The third-order valence-electron chi connectivity index (χ3n) is 4.60. The summed E-state index contributed by atoms with van der Waals surface area (Å²) in [5, 5.41) is 10.4. The van der Waals surface area contributed by atoms with E-state index in [2.05, 4.69) is 20.2 Å². The smallest absolute Gasteiger partial charge is 0.348 e. The van der Waals surface area contributed by atoms with Crippen LogP contribution in [0.25, 0.3) is 33.4 Å². The maximum atomic E-state index is 12.6. The first-order chi connectivity index (χ1) is 14.1. The van der Waals surface area contributed by atoms with Gasteiger partial charge >= 0.3 is 5.63 Å². The van der Waals surface area contributed by atoms with E-state index in [1.54, 1.807) is 35.3 Å². The average Bonchev–Trinajstić information content (AvgIpc) is 3.32. The van der Waals surface area contributed by atoms with Gasteiger partial charge in [0.15, 0.2) is 18.0 Å². The van der Waals surface area contributed by atoms with Crippen LogP contribution in [-0.4, -0.2) is 36.6 Å². The number of rotatable bonds is 3. The Balaban J connectivity index is 1.90. The topological polar surface area (TPSA) is 101 Å². The van der Waals surface area contributed by atoms with Crippen LogP contribution in [0.15, 0.2) is 52.3 Å². The van der Waals surface area contributed by atoms with E-state index in [0.29, 0.717) is 39.0 Å². The highest BCUT2D eigenvalue weighted by Crippen LogP contribution is 2.30. The van der Waals surface area contributed by atoms with E-state index in [1.807, 2.05) is 13.0 Å². The van der Waals surface area contributed by atoms with Crippen LogP contribution in [-0.2, 0) is 0 Å². The molecular formula is C19H13ClN6O3. The fourth-order valence-corrected chi connectivity index (χ4v) is 3.54. The van der Waals surface area contributed by atoms with Crippen LogP contribution in [0.3, 0.4) is 0 Å². The Kier molecular flexibility index (Phi) is 3.85. The molecule has 9 nitrogen and oxygen atoms in total. The molecule has 0 spiro atoms. The van der Waals surface area contributed by atoms with Gasteiger partial charge in [-0.05, 0) is 30.7 Å². The molecule has 0 amide bonds. The molecule has 0 bridgehead atoms. The van der Waals surface area contributed by atoms with Gasteiger partial charge in [-0.1, -0.05) is 11.6 Å². The maximum absolute atomic E-state index is 12.6. The van der Waals surface area contributed by atoms with Crippen molar-refractivity contribution in [1.29, 1.82) is 0 Å². The quantitative estimate of drug-likeness (QED) is 0.452. The molecule has 10 heteroatoms. The van der Waals surface area contributed by atoms with Gasteiger partial charge in [0.1, 0.15) is 5.39 Å². The molecule has 144 valence electrons. The van der Waals surface area contributed by atoms with Crippen LogP contribution >= 0.6 is 11.6 Å². The van der Waals surface area contributed by atoms with Crippen molar-refractivity contribution in [3.8, 4) is 17.5 Å². The summed E-state index contributed by atoms with van der Waals surface area (Å²) in [7, 11) is 1.51. The summed E-state index contributed by atoms with van der Waals surface area (Å²) in [6.07, 6.45) is 4.42. The van der Waals surface area contributed by atoms with E-state index in [1.165, 1.54) is 11.8 Å². The van der Waals surface area contributed by atoms with Crippen LogP contribution in [0, 0.1) is 6.92 Å². The normalized spacial score (nSPS) is 11.4. The van der Waals surface area contributed by atoms with E-state index in [9.17, 15) is 4.79 Å². The lowest BCUT2D eigenvalue weighted by Gasteiger charge is -2.09. The number of aromatic nitrogens is 6. The molecule has 0 saturated heterocycles. The number of methoxy groups -OCH3 is 1. The SMILES string of the molecule is COc1cc(-n2ncc3cc(C)c4ncoc(=O)c4c32)n(-c2ncccc2Cl)n1. The van der Waals surface area contributed by atoms with Crippen molar-refractivity contribution in [3.05, 3.63) is 64.1 Å². The Morgan fingerprint density at radius 2 is 2.07 bits per heavy atom. The minimum Gasteiger partial charge on any atom is -0.480 e. The molecule has 0 saturated carbocycles. The van der Waals surface area contributed by atoms with Crippen LogP contribution in [0.5, 0.6) is 5.88 Å². The molecule has 0 radical (unpaired) electrons. The molecule has 5 rings (SSSR count).